The number of rotatable bonds is 4. The van der Waals surface area contributed by atoms with Crippen LogP contribution in [0, 0.1) is 0 Å². The summed E-state index contributed by atoms with van der Waals surface area (Å²) in [6.45, 7) is 0.839. The number of thiophene rings is 1. The van der Waals surface area contributed by atoms with E-state index in [2.05, 4.69) is 33.9 Å². The minimum atomic E-state index is 0.839. The van der Waals surface area contributed by atoms with Crippen LogP contribution in [0.4, 0.5) is 11.5 Å². The van der Waals surface area contributed by atoms with Crippen LogP contribution in [0.25, 0.3) is 0 Å². The summed E-state index contributed by atoms with van der Waals surface area (Å²) < 4.78 is 0. The summed E-state index contributed by atoms with van der Waals surface area (Å²) in [5.74, 6) is 0.916. The average Bonchev–Trinajstić information content (AvgIpc) is 2.80. The summed E-state index contributed by atoms with van der Waals surface area (Å²) in [6, 6.07) is 8.24. The van der Waals surface area contributed by atoms with Gasteiger partial charge in [-0.1, -0.05) is 6.07 Å². The SMILES string of the molecule is CN(C)c1ccc(NCc2cccs2)nc1. The number of hydrogen-bond donors (Lipinski definition) is 1. The minimum Gasteiger partial charge on any atom is -0.376 e. The standard InChI is InChI=1S/C12H15N3S/c1-15(2)10-5-6-12(13-8-10)14-9-11-4-3-7-16-11/h3-8H,9H2,1-2H3,(H,13,14). The van der Waals surface area contributed by atoms with E-state index in [4.69, 9.17) is 0 Å². The molecule has 0 fully saturated rings. The summed E-state index contributed by atoms with van der Waals surface area (Å²) in [5, 5.41) is 5.38. The van der Waals surface area contributed by atoms with Crippen LogP contribution < -0.4 is 10.2 Å². The van der Waals surface area contributed by atoms with E-state index in [1.165, 1.54) is 4.88 Å². The van der Waals surface area contributed by atoms with E-state index < -0.39 is 0 Å². The van der Waals surface area contributed by atoms with Crippen molar-refractivity contribution < 1.29 is 0 Å². The van der Waals surface area contributed by atoms with Gasteiger partial charge < -0.3 is 10.2 Å². The highest BCUT2D eigenvalue weighted by molar-refractivity contribution is 7.09. The Hall–Kier alpha value is -1.55. The molecule has 0 aliphatic rings. The summed E-state index contributed by atoms with van der Waals surface area (Å²) in [4.78, 5) is 7.71. The number of anilines is 2. The number of nitrogens with zero attached hydrogens (tertiary/aromatic N) is 2. The van der Waals surface area contributed by atoms with Crippen LogP contribution in [-0.2, 0) is 6.54 Å². The fourth-order valence-corrected chi connectivity index (χ4v) is 1.99. The van der Waals surface area contributed by atoms with Gasteiger partial charge in [0.2, 0.25) is 0 Å². The van der Waals surface area contributed by atoms with E-state index in [9.17, 15) is 0 Å². The van der Waals surface area contributed by atoms with Gasteiger partial charge >= 0.3 is 0 Å². The van der Waals surface area contributed by atoms with E-state index in [1.807, 2.05) is 31.3 Å². The van der Waals surface area contributed by atoms with Gasteiger partial charge in [-0.15, -0.1) is 11.3 Å². The molecule has 0 amide bonds. The Labute approximate surface area is 99.8 Å². The van der Waals surface area contributed by atoms with Crippen LogP contribution in [0.3, 0.4) is 0 Å². The lowest BCUT2D eigenvalue weighted by Crippen LogP contribution is -2.09. The summed E-state index contributed by atoms with van der Waals surface area (Å²) >= 11 is 1.75. The van der Waals surface area contributed by atoms with Gasteiger partial charge in [0.25, 0.3) is 0 Å². The van der Waals surface area contributed by atoms with Crippen LogP contribution in [0.5, 0.6) is 0 Å². The summed E-state index contributed by atoms with van der Waals surface area (Å²) in [5.41, 5.74) is 1.11. The largest absolute Gasteiger partial charge is 0.376 e. The summed E-state index contributed by atoms with van der Waals surface area (Å²) in [6.07, 6.45) is 1.87. The third kappa shape index (κ3) is 2.73. The fraction of sp³-hybridized carbons (Fsp3) is 0.250. The molecular formula is C12H15N3S. The van der Waals surface area contributed by atoms with Gasteiger partial charge in [0.05, 0.1) is 18.4 Å². The monoisotopic (exact) mass is 233 g/mol. The second-order valence-electron chi connectivity index (χ2n) is 3.73. The Balaban J connectivity index is 1.95. The van der Waals surface area contributed by atoms with Gasteiger partial charge in [0, 0.05) is 19.0 Å². The Bertz CT molecular complexity index is 420. The van der Waals surface area contributed by atoms with Gasteiger partial charge in [0.1, 0.15) is 5.82 Å². The summed E-state index contributed by atoms with van der Waals surface area (Å²) in [7, 11) is 4.02. The van der Waals surface area contributed by atoms with Crippen LogP contribution in [0.15, 0.2) is 35.8 Å². The lowest BCUT2D eigenvalue weighted by Gasteiger charge is -2.12. The molecule has 0 saturated heterocycles. The second-order valence-corrected chi connectivity index (χ2v) is 4.76. The molecule has 0 aliphatic carbocycles. The maximum Gasteiger partial charge on any atom is 0.126 e. The quantitative estimate of drug-likeness (QED) is 0.880. The fourth-order valence-electron chi connectivity index (χ4n) is 1.35. The van der Waals surface area contributed by atoms with Crippen LogP contribution in [0.1, 0.15) is 4.88 Å². The van der Waals surface area contributed by atoms with Crippen molar-refractivity contribution in [2.45, 2.75) is 6.54 Å². The molecule has 0 spiro atoms. The molecule has 0 aromatic carbocycles. The van der Waals surface area contributed by atoms with Crippen molar-refractivity contribution in [3.63, 3.8) is 0 Å². The van der Waals surface area contributed by atoms with E-state index in [1.54, 1.807) is 11.3 Å². The smallest absolute Gasteiger partial charge is 0.126 e. The molecule has 2 rings (SSSR count). The molecule has 1 N–H and O–H groups in total. The van der Waals surface area contributed by atoms with E-state index in [-0.39, 0.29) is 0 Å². The maximum absolute atomic E-state index is 4.35. The zero-order chi connectivity index (χ0) is 11.4. The first-order valence-electron chi connectivity index (χ1n) is 5.15. The van der Waals surface area contributed by atoms with Gasteiger partial charge in [-0.2, -0.15) is 0 Å². The lowest BCUT2D eigenvalue weighted by atomic mass is 10.4. The third-order valence-electron chi connectivity index (χ3n) is 2.29. The molecule has 0 radical (unpaired) electrons. The molecule has 3 nitrogen and oxygen atoms in total. The Morgan fingerprint density at radius 1 is 1.31 bits per heavy atom. The molecule has 0 saturated carbocycles. The number of aromatic nitrogens is 1. The Morgan fingerprint density at radius 2 is 2.19 bits per heavy atom. The van der Waals surface area contributed by atoms with Crippen molar-refractivity contribution in [3.05, 3.63) is 40.7 Å². The molecule has 84 valence electrons. The van der Waals surface area contributed by atoms with Gasteiger partial charge in [-0.05, 0) is 23.6 Å². The van der Waals surface area contributed by atoms with Crippen molar-refractivity contribution in [3.8, 4) is 0 Å². The molecule has 2 heterocycles. The Kier molecular flexibility index (Phi) is 3.41. The number of hydrogen-bond acceptors (Lipinski definition) is 4. The average molecular weight is 233 g/mol. The van der Waals surface area contributed by atoms with Gasteiger partial charge in [-0.3, -0.25) is 0 Å². The van der Waals surface area contributed by atoms with Crippen LogP contribution >= 0.6 is 11.3 Å². The zero-order valence-electron chi connectivity index (χ0n) is 9.47. The second kappa shape index (κ2) is 4.99. The minimum absolute atomic E-state index is 0.839. The molecule has 2 aromatic rings. The van der Waals surface area contributed by atoms with Crippen molar-refractivity contribution in [2.75, 3.05) is 24.3 Å². The predicted octanol–water partition coefficient (Wildman–Crippen LogP) is 2.82. The topological polar surface area (TPSA) is 28.2 Å². The highest BCUT2D eigenvalue weighted by atomic mass is 32.1. The highest BCUT2D eigenvalue weighted by Gasteiger charge is 1.98. The van der Waals surface area contributed by atoms with Gasteiger partial charge in [-0.25, -0.2) is 4.98 Å². The number of nitrogens with one attached hydrogen (secondary N) is 1. The van der Waals surface area contributed by atoms with E-state index >= 15 is 0 Å². The molecule has 0 atom stereocenters. The number of pyridine rings is 1. The molecule has 0 unspecified atom stereocenters. The Morgan fingerprint density at radius 3 is 2.75 bits per heavy atom. The first-order valence-corrected chi connectivity index (χ1v) is 6.03. The van der Waals surface area contributed by atoms with Crippen LogP contribution in [0.2, 0.25) is 0 Å². The maximum atomic E-state index is 4.35. The predicted molar refractivity (Wildman–Crippen MR) is 70.2 cm³/mol. The van der Waals surface area contributed by atoms with Crippen molar-refractivity contribution >= 4 is 22.8 Å². The van der Waals surface area contributed by atoms with Crippen molar-refractivity contribution in [2.24, 2.45) is 0 Å². The molecule has 0 bridgehead atoms. The lowest BCUT2D eigenvalue weighted by molar-refractivity contribution is 1.09. The molecule has 4 heteroatoms. The molecule has 0 aliphatic heterocycles. The van der Waals surface area contributed by atoms with E-state index in [0.29, 0.717) is 0 Å². The first kappa shape index (κ1) is 11.0. The zero-order valence-corrected chi connectivity index (χ0v) is 10.3. The third-order valence-corrected chi connectivity index (χ3v) is 3.16. The molecular weight excluding hydrogens is 218 g/mol. The van der Waals surface area contributed by atoms with Crippen molar-refractivity contribution in [1.82, 2.24) is 4.98 Å². The van der Waals surface area contributed by atoms with Crippen molar-refractivity contribution in [1.29, 1.82) is 0 Å². The van der Waals surface area contributed by atoms with E-state index in [0.717, 1.165) is 18.1 Å². The highest BCUT2D eigenvalue weighted by Crippen LogP contribution is 2.14. The normalized spacial score (nSPS) is 10.1. The van der Waals surface area contributed by atoms with Gasteiger partial charge in [0.15, 0.2) is 0 Å². The van der Waals surface area contributed by atoms with Crippen LogP contribution in [-0.4, -0.2) is 19.1 Å². The molecule has 2 aromatic heterocycles. The first-order chi connectivity index (χ1) is 7.75. The molecule has 16 heavy (non-hydrogen) atoms.